The van der Waals surface area contributed by atoms with Gasteiger partial charge in [-0.05, 0) is 84.1 Å². The van der Waals surface area contributed by atoms with Gasteiger partial charge >= 0.3 is 0 Å². The summed E-state index contributed by atoms with van der Waals surface area (Å²) in [5, 5.41) is 6.96. The zero-order chi connectivity index (χ0) is 24.8. The van der Waals surface area contributed by atoms with Gasteiger partial charge in [0.15, 0.2) is 5.78 Å². The Morgan fingerprint density at radius 1 is 1.00 bits per heavy atom. The zero-order valence-corrected chi connectivity index (χ0v) is 20.5. The molecule has 182 valence electrons. The molecule has 0 saturated heterocycles. The number of anilines is 1. The molecule has 2 aromatic carbocycles. The highest BCUT2D eigenvalue weighted by molar-refractivity contribution is 7.08. The number of hydrogen-bond acceptors (Lipinski definition) is 4. The number of carbonyl (C=O) groups excluding carboxylic acids is 3. The monoisotopic (exact) mass is 492 g/mol. The van der Waals surface area contributed by atoms with Crippen molar-refractivity contribution in [3.63, 3.8) is 0 Å². The molecule has 3 aromatic rings. The van der Waals surface area contributed by atoms with Crippen molar-refractivity contribution in [3.8, 4) is 0 Å². The van der Waals surface area contributed by atoms with Gasteiger partial charge in [-0.15, -0.1) is 0 Å². The van der Waals surface area contributed by atoms with E-state index in [9.17, 15) is 18.8 Å². The van der Waals surface area contributed by atoms with Crippen LogP contribution in [-0.2, 0) is 16.0 Å². The number of hydrogen-bond donors (Lipinski definition) is 1. The molecule has 0 radical (unpaired) electrons. The van der Waals surface area contributed by atoms with Crippen LogP contribution in [0.1, 0.15) is 66.6 Å². The average Bonchev–Trinajstić information content (AvgIpc) is 3.37. The van der Waals surface area contributed by atoms with E-state index in [1.54, 1.807) is 36.4 Å². The first-order chi connectivity index (χ1) is 16.9. The minimum Gasteiger partial charge on any atom is -0.351 e. The fraction of sp³-hybridized carbons (Fsp3) is 0.321. The van der Waals surface area contributed by atoms with E-state index >= 15 is 0 Å². The summed E-state index contributed by atoms with van der Waals surface area (Å²) < 4.78 is 13.8. The van der Waals surface area contributed by atoms with Gasteiger partial charge in [0.25, 0.3) is 0 Å². The quantitative estimate of drug-likeness (QED) is 0.401. The second-order valence-electron chi connectivity index (χ2n) is 8.97. The molecule has 1 N–H and O–H groups in total. The van der Waals surface area contributed by atoms with Crippen molar-refractivity contribution < 1.29 is 18.8 Å². The van der Waals surface area contributed by atoms with Crippen molar-refractivity contribution in [2.75, 3.05) is 4.90 Å². The summed E-state index contributed by atoms with van der Waals surface area (Å²) >= 11 is 1.50. The first-order valence-corrected chi connectivity index (χ1v) is 12.9. The first kappa shape index (κ1) is 24.8. The van der Waals surface area contributed by atoms with Crippen LogP contribution in [0.25, 0.3) is 0 Å². The maximum atomic E-state index is 13.8. The lowest BCUT2D eigenvalue weighted by molar-refractivity contribution is -0.127. The van der Waals surface area contributed by atoms with Gasteiger partial charge in [-0.25, -0.2) is 4.39 Å². The van der Waals surface area contributed by atoms with Gasteiger partial charge in [0.2, 0.25) is 11.8 Å². The molecule has 1 aliphatic rings. The molecule has 1 heterocycles. The molecule has 1 saturated carbocycles. The van der Waals surface area contributed by atoms with E-state index in [1.807, 2.05) is 16.8 Å². The van der Waals surface area contributed by atoms with Crippen LogP contribution in [-0.4, -0.2) is 23.6 Å². The molecular formula is C28H29FN2O3S. The van der Waals surface area contributed by atoms with E-state index in [2.05, 4.69) is 5.32 Å². The van der Waals surface area contributed by atoms with E-state index in [0.717, 1.165) is 37.7 Å². The molecule has 0 bridgehead atoms. The normalized spacial score (nSPS) is 14.8. The van der Waals surface area contributed by atoms with Crippen molar-refractivity contribution in [2.24, 2.45) is 0 Å². The first-order valence-electron chi connectivity index (χ1n) is 11.9. The number of thiophene rings is 1. The summed E-state index contributed by atoms with van der Waals surface area (Å²) in [4.78, 5) is 40.7. The topological polar surface area (TPSA) is 66.5 Å². The summed E-state index contributed by atoms with van der Waals surface area (Å²) in [6, 6.07) is 13.3. The Balaban J connectivity index is 1.75. The average molecular weight is 493 g/mol. The second-order valence-corrected chi connectivity index (χ2v) is 9.75. The predicted molar refractivity (Wildman–Crippen MR) is 136 cm³/mol. The summed E-state index contributed by atoms with van der Waals surface area (Å²) in [7, 11) is 0. The fourth-order valence-corrected chi connectivity index (χ4v) is 5.21. The van der Waals surface area contributed by atoms with E-state index in [0.29, 0.717) is 16.8 Å². The van der Waals surface area contributed by atoms with Gasteiger partial charge in [0.1, 0.15) is 11.9 Å². The van der Waals surface area contributed by atoms with E-state index in [1.165, 1.54) is 35.3 Å². The Hall–Kier alpha value is -3.32. The van der Waals surface area contributed by atoms with Crippen LogP contribution in [0.2, 0.25) is 0 Å². The van der Waals surface area contributed by atoms with Crippen molar-refractivity contribution >= 4 is 34.6 Å². The summed E-state index contributed by atoms with van der Waals surface area (Å²) in [6.07, 6.45) is 5.18. The molecular weight excluding hydrogens is 463 g/mol. The fourth-order valence-electron chi connectivity index (χ4n) is 4.54. The molecule has 2 amide bonds. The highest BCUT2D eigenvalue weighted by Gasteiger charge is 2.34. The smallest absolute Gasteiger partial charge is 0.248 e. The van der Waals surface area contributed by atoms with Crippen molar-refractivity contribution in [1.82, 2.24) is 5.32 Å². The highest BCUT2D eigenvalue weighted by atomic mass is 32.1. The van der Waals surface area contributed by atoms with Crippen LogP contribution in [0, 0.1) is 5.82 Å². The number of amides is 2. The SMILES string of the molecule is CC(=O)c1ccc(N(C(=O)Cc2ccsc2)[C@H](C(=O)NC2CCCCC2)c2ccc(F)cc2)cc1. The number of halogens is 1. The van der Waals surface area contributed by atoms with Gasteiger partial charge in [-0.2, -0.15) is 11.3 Å². The molecule has 35 heavy (non-hydrogen) atoms. The van der Waals surface area contributed by atoms with Gasteiger partial charge in [0, 0.05) is 17.3 Å². The van der Waals surface area contributed by atoms with E-state index < -0.39 is 11.9 Å². The van der Waals surface area contributed by atoms with Crippen LogP contribution in [0.5, 0.6) is 0 Å². The Morgan fingerprint density at radius 3 is 2.29 bits per heavy atom. The molecule has 7 heteroatoms. The molecule has 1 fully saturated rings. The van der Waals surface area contributed by atoms with Crippen molar-refractivity contribution in [2.45, 2.75) is 57.5 Å². The molecule has 5 nitrogen and oxygen atoms in total. The van der Waals surface area contributed by atoms with Gasteiger partial charge in [0.05, 0.1) is 6.42 Å². The Kier molecular flexibility index (Phi) is 8.08. The summed E-state index contributed by atoms with van der Waals surface area (Å²) in [6.45, 7) is 1.48. The number of nitrogens with zero attached hydrogens (tertiary/aromatic N) is 1. The van der Waals surface area contributed by atoms with Crippen LogP contribution in [0.4, 0.5) is 10.1 Å². The summed E-state index contributed by atoms with van der Waals surface area (Å²) in [5.74, 6) is -1.05. The minimum absolute atomic E-state index is 0.0492. The minimum atomic E-state index is -0.980. The van der Waals surface area contributed by atoms with Gasteiger partial charge < -0.3 is 5.32 Å². The Bertz CT molecular complexity index is 1150. The van der Waals surface area contributed by atoms with Crippen LogP contribution in [0.3, 0.4) is 0 Å². The van der Waals surface area contributed by atoms with Crippen LogP contribution < -0.4 is 10.2 Å². The Labute approximate surface area is 209 Å². The standard InChI is InChI=1S/C28H29FN2O3S/c1-19(32)21-9-13-25(14-10-21)31(26(33)17-20-15-16-35-18-20)27(22-7-11-23(29)12-8-22)28(34)30-24-5-3-2-4-6-24/h7-16,18,24,27H,2-6,17H2,1H3,(H,30,34)/t27-/m0/s1. The second kappa shape index (κ2) is 11.4. The number of Topliss-reactive ketones (excluding diaryl/α,β-unsaturated/α-hetero) is 1. The molecule has 4 rings (SSSR count). The number of nitrogens with one attached hydrogen (secondary N) is 1. The lowest BCUT2D eigenvalue weighted by atomic mass is 9.94. The lowest BCUT2D eigenvalue weighted by Gasteiger charge is -2.33. The molecule has 1 aliphatic carbocycles. The third-order valence-electron chi connectivity index (χ3n) is 6.40. The predicted octanol–water partition coefficient (Wildman–Crippen LogP) is 5.86. The molecule has 0 unspecified atom stereocenters. The maximum absolute atomic E-state index is 13.8. The van der Waals surface area contributed by atoms with Crippen molar-refractivity contribution in [1.29, 1.82) is 0 Å². The maximum Gasteiger partial charge on any atom is 0.248 e. The highest BCUT2D eigenvalue weighted by Crippen LogP contribution is 2.30. The van der Waals surface area contributed by atoms with Crippen LogP contribution in [0.15, 0.2) is 65.4 Å². The largest absolute Gasteiger partial charge is 0.351 e. The Morgan fingerprint density at radius 2 is 1.69 bits per heavy atom. The molecule has 0 spiro atoms. The zero-order valence-electron chi connectivity index (χ0n) is 19.7. The lowest BCUT2D eigenvalue weighted by Crippen LogP contribution is -2.47. The number of rotatable bonds is 8. The number of ketones is 1. The van der Waals surface area contributed by atoms with E-state index in [-0.39, 0.29) is 30.1 Å². The van der Waals surface area contributed by atoms with Gasteiger partial charge in [-0.1, -0.05) is 31.4 Å². The summed E-state index contributed by atoms with van der Waals surface area (Å²) in [5.41, 5.74) is 2.40. The third-order valence-corrected chi connectivity index (χ3v) is 7.13. The van der Waals surface area contributed by atoms with Crippen LogP contribution >= 0.6 is 11.3 Å². The molecule has 1 atom stereocenters. The van der Waals surface area contributed by atoms with Crippen molar-refractivity contribution in [3.05, 3.63) is 87.9 Å². The number of benzene rings is 2. The molecule has 0 aliphatic heterocycles. The van der Waals surface area contributed by atoms with E-state index in [4.69, 9.17) is 0 Å². The molecule has 1 aromatic heterocycles. The number of carbonyl (C=O) groups is 3. The third kappa shape index (κ3) is 6.22. The van der Waals surface area contributed by atoms with Gasteiger partial charge in [-0.3, -0.25) is 19.3 Å².